The summed E-state index contributed by atoms with van der Waals surface area (Å²) in [7, 11) is 1.76. The third kappa shape index (κ3) is 2.39. The van der Waals surface area contributed by atoms with Crippen molar-refractivity contribution in [3.8, 4) is 0 Å². The summed E-state index contributed by atoms with van der Waals surface area (Å²) in [4.78, 5) is 13.7. The van der Waals surface area contributed by atoms with Crippen molar-refractivity contribution < 1.29 is 23.1 Å². The molecule has 2 heterocycles. The van der Waals surface area contributed by atoms with Gasteiger partial charge in [0.05, 0.1) is 18.2 Å². The van der Waals surface area contributed by atoms with Gasteiger partial charge in [0.2, 0.25) is 5.91 Å². The van der Waals surface area contributed by atoms with Crippen molar-refractivity contribution in [1.82, 2.24) is 14.7 Å². The minimum absolute atomic E-state index is 0.0685. The maximum atomic E-state index is 12.9. The highest BCUT2D eigenvalue weighted by molar-refractivity contribution is 5.84. The number of alkyl halides is 3. The molecular weight excluding hydrogens is 299 g/mol. The number of aryl methyl sites for hydroxylation is 2. The molecule has 2 atom stereocenters. The summed E-state index contributed by atoms with van der Waals surface area (Å²) < 4.78 is 40.2. The predicted octanol–water partition coefficient (Wildman–Crippen LogP) is 1.37. The van der Waals surface area contributed by atoms with Gasteiger partial charge in [-0.1, -0.05) is 0 Å². The van der Waals surface area contributed by atoms with Crippen molar-refractivity contribution >= 4 is 5.91 Å². The molecule has 22 heavy (non-hydrogen) atoms. The molecule has 122 valence electrons. The van der Waals surface area contributed by atoms with Crippen molar-refractivity contribution in [2.24, 2.45) is 7.05 Å². The Balaban J connectivity index is 1.79. The van der Waals surface area contributed by atoms with Gasteiger partial charge in [-0.3, -0.25) is 9.48 Å². The third-order valence-corrected chi connectivity index (χ3v) is 4.60. The Morgan fingerprint density at radius 1 is 1.50 bits per heavy atom. The van der Waals surface area contributed by atoms with Crippen molar-refractivity contribution in [2.45, 2.75) is 43.4 Å². The lowest BCUT2D eigenvalue weighted by Crippen LogP contribution is -2.48. The van der Waals surface area contributed by atoms with Gasteiger partial charge in [-0.05, 0) is 19.3 Å². The van der Waals surface area contributed by atoms with Crippen LogP contribution in [0.15, 0.2) is 6.20 Å². The molecule has 1 fully saturated rings. The molecule has 0 spiro atoms. The first-order valence-corrected chi connectivity index (χ1v) is 7.31. The van der Waals surface area contributed by atoms with Crippen LogP contribution in [0.2, 0.25) is 0 Å². The van der Waals surface area contributed by atoms with Gasteiger partial charge in [0.15, 0.2) is 5.60 Å². The van der Waals surface area contributed by atoms with Crippen LogP contribution in [0, 0.1) is 0 Å². The van der Waals surface area contributed by atoms with Gasteiger partial charge in [-0.25, -0.2) is 0 Å². The molecule has 1 aliphatic carbocycles. The number of likely N-dealkylation sites (tertiary alicyclic amines) is 1. The number of rotatable bonds is 1. The van der Waals surface area contributed by atoms with Crippen molar-refractivity contribution in [2.75, 3.05) is 13.1 Å². The molecule has 1 aliphatic heterocycles. The van der Waals surface area contributed by atoms with Gasteiger partial charge >= 0.3 is 6.18 Å². The number of carbonyl (C=O) groups is 1. The van der Waals surface area contributed by atoms with E-state index < -0.39 is 30.7 Å². The molecule has 0 unspecified atom stereocenters. The summed E-state index contributed by atoms with van der Waals surface area (Å²) >= 11 is 0. The Morgan fingerprint density at radius 3 is 2.86 bits per heavy atom. The second kappa shape index (κ2) is 4.97. The van der Waals surface area contributed by atoms with Crippen LogP contribution in [-0.4, -0.2) is 50.6 Å². The highest BCUT2D eigenvalue weighted by Crippen LogP contribution is 2.40. The quantitative estimate of drug-likeness (QED) is 0.851. The number of β-amino-alcohol motifs (C(OH)–C–C–N with tert-alkyl or cyclic N) is 1. The van der Waals surface area contributed by atoms with Gasteiger partial charge < -0.3 is 10.0 Å². The monoisotopic (exact) mass is 317 g/mol. The standard InChI is InChI=1S/C14H18F3N3O2/c1-19-7-10-9(3-2-4-11(10)18-19)12(21)20-6-5-13(22,8-20)14(15,16)17/h7,9,22H,2-6,8H2,1H3/t9-,13-/m0/s1. The zero-order valence-corrected chi connectivity index (χ0v) is 12.2. The van der Waals surface area contributed by atoms with Crippen LogP contribution in [0.3, 0.4) is 0 Å². The van der Waals surface area contributed by atoms with E-state index in [0.29, 0.717) is 6.42 Å². The first kappa shape index (κ1) is 15.3. The van der Waals surface area contributed by atoms with Crippen LogP contribution in [-0.2, 0) is 18.3 Å². The lowest BCUT2D eigenvalue weighted by molar-refractivity contribution is -0.253. The lowest BCUT2D eigenvalue weighted by atomic mass is 9.86. The van der Waals surface area contributed by atoms with Gasteiger partial charge in [0.1, 0.15) is 0 Å². The van der Waals surface area contributed by atoms with E-state index in [9.17, 15) is 23.1 Å². The average molecular weight is 317 g/mol. The van der Waals surface area contributed by atoms with Crippen molar-refractivity contribution in [1.29, 1.82) is 0 Å². The van der Waals surface area contributed by atoms with Gasteiger partial charge in [-0.15, -0.1) is 0 Å². The van der Waals surface area contributed by atoms with Gasteiger partial charge in [0, 0.05) is 31.8 Å². The minimum atomic E-state index is -4.71. The van der Waals surface area contributed by atoms with E-state index >= 15 is 0 Å². The van der Waals surface area contributed by atoms with E-state index in [2.05, 4.69) is 5.10 Å². The number of halogens is 3. The summed E-state index contributed by atoms with van der Waals surface area (Å²) in [5, 5.41) is 14.0. The third-order valence-electron chi connectivity index (χ3n) is 4.60. The summed E-state index contributed by atoms with van der Waals surface area (Å²) in [6.07, 6.45) is -1.23. The first-order valence-electron chi connectivity index (χ1n) is 7.31. The average Bonchev–Trinajstić information content (AvgIpc) is 2.99. The maximum Gasteiger partial charge on any atom is 0.419 e. The van der Waals surface area contributed by atoms with Crippen LogP contribution in [0.1, 0.15) is 36.4 Å². The second-order valence-corrected chi connectivity index (χ2v) is 6.19. The largest absolute Gasteiger partial charge is 0.419 e. The normalized spacial score (nSPS) is 28.8. The highest BCUT2D eigenvalue weighted by atomic mass is 19.4. The predicted molar refractivity (Wildman–Crippen MR) is 71.1 cm³/mol. The molecule has 1 saturated heterocycles. The molecule has 1 aromatic rings. The van der Waals surface area contributed by atoms with Crippen molar-refractivity contribution in [3.05, 3.63) is 17.5 Å². The topological polar surface area (TPSA) is 58.4 Å². The molecule has 3 rings (SSSR count). The van der Waals surface area contributed by atoms with Crippen LogP contribution < -0.4 is 0 Å². The fourth-order valence-corrected chi connectivity index (χ4v) is 3.36. The molecule has 1 aromatic heterocycles. The van der Waals surface area contributed by atoms with E-state index in [-0.39, 0.29) is 12.5 Å². The molecule has 1 amide bonds. The lowest BCUT2D eigenvalue weighted by Gasteiger charge is -2.28. The fourth-order valence-electron chi connectivity index (χ4n) is 3.36. The molecule has 0 bridgehead atoms. The van der Waals surface area contributed by atoms with Crippen LogP contribution in [0.25, 0.3) is 0 Å². The molecule has 1 N–H and O–H groups in total. The smallest absolute Gasteiger partial charge is 0.379 e. The number of fused-ring (bicyclic) bond motifs is 1. The van der Waals surface area contributed by atoms with Crippen LogP contribution in [0.4, 0.5) is 13.2 Å². The number of aliphatic hydroxyl groups is 1. The molecule has 0 saturated carbocycles. The number of hydrogen-bond donors (Lipinski definition) is 1. The molecule has 0 aromatic carbocycles. The number of carbonyl (C=O) groups excluding carboxylic acids is 1. The summed E-state index contributed by atoms with van der Waals surface area (Å²) in [6, 6.07) is 0. The Bertz CT molecular complexity index is 599. The van der Waals surface area contributed by atoms with E-state index in [1.807, 2.05) is 0 Å². The van der Waals surface area contributed by atoms with E-state index in [0.717, 1.165) is 29.0 Å². The van der Waals surface area contributed by atoms with E-state index in [1.165, 1.54) is 0 Å². The van der Waals surface area contributed by atoms with Gasteiger partial charge in [0.25, 0.3) is 0 Å². The van der Waals surface area contributed by atoms with Crippen LogP contribution in [0.5, 0.6) is 0 Å². The first-order chi connectivity index (χ1) is 10.2. The number of amides is 1. The number of nitrogens with zero attached hydrogens (tertiary/aromatic N) is 3. The number of aromatic nitrogens is 2. The zero-order valence-electron chi connectivity index (χ0n) is 12.2. The SMILES string of the molecule is Cn1cc2c(n1)CCC[C@@H]2C(=O)N1CC[C@@](O)(C(F)(F)F)C1. The molecule has 2 aliphatic rings. The van der Waals surface area contributed by atoms with Gasteiger partial charge in [-0.2, -0.15) is 18.3 Å². The summed E-state index contributed by atoms with van der Waals surface area (Å²) in [5.41, 5.74) is -1.13. The zero-order chi connectivity index (χ0) is 16.1. The summed E-state index contributed by atoms with van der Waals surface area (Å²) in [6.45, 7) is -0.748. The Kier molecular flexibility index (Phi) is 3.47. The summed E-state index contributed by atoms with van der Waals surface area (Å²) in [5.74, 6) is -0.790. The Labute approximate surface area is 125 Å². The van der Waals surface area contributed by atoms with E-state index in [1.54, 1.807) is 17.9 Å². The molecular formula is C14H18F3N3O2. The second-order valence-electron chi connectivity index (χ2n) is 6.19. The number of hydrogen-bond acceptors (Lipinski definition) is 3. The minimum Gasteiger partial charge on any atom is -0.379 e. The Morgan fingerprint density at radius 2 is 2.23 bits per heavy atom. The highest BCUT2D eigenvalue weighted by Gasteiger charge is 2.58. The molecule has 0 radical (unpaired) electrons. The fraction of sp³-hybridized carbons (Fsp3) is 0.714. The Hall–Kier alpha value is -1.57. The van der Waals surface area contributed by atoms with Crippen LogP contribution >= 0.6 is 0 Å². The molecule has 8 heteroatoms. The maximum absolute atomic E-state index is 12.9. The van der Waals surface area contributed by atoms with Crippen molar-refractivity contribution in [3.63, 3.8) is 0 Å². The van der Waals surface area contributed by atoms with E-state index in [4.69, 9.17) is 0 Å². The molecule has 5 nitrogen and oxygen atoms in total.